The highest BCUT2D eigenvalue weighted by atomic mass is 14.6. The van der Waals surface area contributed by atoms with Gasteiger partial charge in [-0.05, 0) is 17.9 Å². The first-order valence-electron chi connectivity index (χ1n) is 6.10. The quantitative estimate of drug-likeness (QED) is 0.749. The van der Waals surface area contributed by atoms with Crippen molar-refractivity contribution in [3.8, 4) is 0 Å². The smallest absolute Gasteiger partial charge is 0.0323 e. The van der Waals surface area contributed by atoms with Crippen LogP contribution in [0, 0.1) is 5.92 Å². The van der Waals surface area contributed by atoms with Crippen molar-refractivity contribution in [2.45, 2.75) is 45.6 Å². The van der Waals surface area contributed by atoms with Gasteiger partial charge in [0.25, 0.3) is 0 Å². The maximum atomic E-state index is 6.29. The zero-order valence-corrected chi connectivity index (χ0v) is 9.95. The molecule has 1 aromatic carbocycles. The molecule has 1 nitrogen and oxygen atoms in total. The fraction of sp³-hybridized carbons (Fsp3) is 0.571. The van der Waals surface area contributed by atoms with Crippen LogP contribution in [0.3, 0.4) is 0 Å². The third kappa shape index (κ3) is 3.67. The van der Waals surface area contributed by atoms with Gasteiger partial charge in [-0.1, -0.05) is 63.4 Å². The zero-order valence-electron chi connectivity index (χ0n) is 9.95. The minimum Gasteiger partial charge on any atom is -0.324 e. The minimum atomic E-state index is 0.211. The van der Waals surface area contributed by atoms with Gasteiger partial charge < -0.3 is 5.73 Å². The van der Waals surface area contributed by atoms with Crippen molar-refractivity contribution < 1.29 is 0 Å². The van der Waals surface area contributed by atoms with Crippen molar-refractivity contribution in [1.29, 1.82) is 0 Å². The van der Waals surface area contributed by atoms with Crippen LogP contribution in [0.4, 0.5) is 0 Å². The number of nitrogens with two attached hydrogens (primary N) is 1. The Morgan fingerprint density at radius 3 is 2.33 bits per heavy atom. The summed E-state index contributed by atoms with van der Waals surface area (Å²) in [6.07, 6.45) is 4.98. The van der Waals surface area contributed by atoms with E-state index in [1.54, 1.807) is 0 Å². The summed E-state index contributed by atoms with van der Waals surface area (Å²) in [6.45, 7) is 4.48. The number of hydrogen-bond donors (Lipinski definition) is 1. The van der Waals surface area contributed by atoms with Gasteiger partial charge in [0.1, 0.15) is 0 Å². The maximum absolute atomic E-state index is 6.29. The van der Waals surface area contributed by atoms with Crippen LogP contribution in [0.25, 0.3) is 0 Å². The molecule has 0 saturated heterocycles. The summed E-state index contributed by atoms with van der Waals surface area (Å²) in [6, 6.07) is 10.7. The maximum Gasteiger partial charge on any atom is 0.0323 e. The van der Waals surface area contributed by atoms with Gasteiger partial charge in [-0.15, -0.1) is 0 Å². The van der Waals surface area contributed by atoms with Gasteiger partial charge in [-0.3, -0.25) is 0 Å². The van der Waals surface area contributed by atoms with E-state index in [1.165, 1.54) is 31.2 Å². The van der Waals surface area contributed by atoms with Gasteiger partial charge in [0.2, 0.25) is 0 Å². The van der Waals surface area contributed by atoms with Crippen molar-refractivity contribution >= 4 is 0 Å². The Hall–Kier alpha value is -0.820. The van der Waals surface area contributed by atoms with Crippen molar-refractivity contribution in [3.05, 3.63) is 35.9 Å². The van der Waals surface area contributed by atoms with Crippen LogP contribution >= 0.6 is 0 Å². The van der Waals surface area contributed by atoms with Crippen molar-refractivity contribution in [2.75, 3.05) is 0 Å². The Balaban J connectivity index is 2.60. The van der Waals surface area contributed by atoms with E-state index in [-0.39, 0.29) is 6.04 Å². The third-order valence-corrected chi connectivity index (χ3v) is 3.15. The van der Waals surface area contributed by atoms with Crippen LogP contribution in [0.1, 0.15) is 51.1 Å². The molecule has 0 spiro atoms. The Morgan fingerprint density at radius 1 is 1.13 bits per heavy atom. The lowest BCUT2D eigenvalue weighted by atomic mass is 9.88. The van der Waals surface area contributed by atoms with Gasteiger partial charge in [0.15, 0.2) is 0 Å². The Labute approximate surface area is 93.7 Å². The molecule has 0 aliphatic heterocycles. The topological polar surface area (TPSA) is 26.0 Å². The first-order valence-corrected chi connectivity index (χ1v) is 6.10. The van der Waals surface area contributed by atoms with Crippen LogP contribution in [0.5, 0.6) is 0 Å². The summed E-state index contributed by atoms with van der Waals surface area (Å²) in [7, 11) is 0. The molecule has 0 aromatic heterocycles. The molecule has 0 fully saturated rings. The molecule has 15 heavy (non-hydrogen) atoms. The Kier molecular flexibility index (Phi) is 5.41. The summed E-state index contributed by atoms with van der Waals surface area (Å²) in [5.74, 6) is 0.632. The second kappa shape index (κ2) is 6.62. The normalized spacial score (nSPS) is 14.9. The van der Waals surface area contributed by atoms with E-state index in [0.29, 0.717) is 5.92 Å². The molecule has 0 amide bonds. The lowest BCUT2D eigenvalue weighted by molar-refractivity contribution is 0.378. The molecule has 0 saturated carbocycles. The largest absolute Gasteiger partial charge is 0.324 e. The first-order chi connectivity index (χ1) is 7.29. The van der Waals surface area contributed by atoms with E-state index in [4.69, 9.17) is 5.73 Å². The predicted octanol–water partition coefficient (Wildman–Crippen LogP) is 3.90. The fourth-order valence-electron chi connectivity index (χ4n) is 2.05. The van der Waals surface area contributed by atoms with E-state index >= 15 is 0 Å². The molecule has 2 unspecified atom stereocenters. The number of rotatable bonds is 6. The summed E-state index contributed by atoms with van der Waals surface area (Å²) in [4.78, 5) is 0. The van der Waals surface area contributed by atoms with E-state index in [0.717, 1.165) is 0 Å². The Bertz CT molecular complexity index is 255. The lowest BCUT2D eigenvalue weighted by Crippen LogP contribution is -2.20. The second-order valence-electron chi connectivity index (χ2n) is 4.25. The average molecular weight is 205 g/mol. The molecule has 2 N–H and O–H groups in total. The predicted molar refractivity (Wildman–Crippen MR) is 66.7 cm³/mol. The van der Waals surface area contributed by atoms with Gasteiger partial charge in [0, 0.05) is 6.04 Å². The van der Waals surface area contributed by atoms with Crippen LogP contribution < -0.4 is 5.73 Å². The molecule has 0 aliphatic rings. The summed E-state index contributed by atoms with van der Waals surface area (Å²) in [5.41, 5.74) is 7.57. The molecular weight excluding hydrogens is 182 g/mol. The molecule has 0 bridgehead atoms. The standard InChI is InChI=1S/C14H23N/c1-3-5-9-12(4-2)14(15)13-10-7-6-8-11-13/h6-8,10-12,14H,3-5,9,15H2,1-2H3. The molecule has 84 valence electrons. The molecule has 1 aromatic rings. The lowest BCUT2D eigenvalue weighted by Gasteiger charge is -2.22. The van der Waals surface area contributed by atoms with Crippen LogP contribution in [-0.4, -0.2) is 0 Å². The zero-order chi connectivity index (χ0) is 11.1. The van der Waals surface area contributed by atoms with Crippen molar-refractivity contribution in [2.24, 2.45) is 11.7 Å². The van der Waals surface area contributed by atoms with Gasteiger partial charge in [-0.25, -0.2) is 0 Å². The molecule has 0 heterocycles. The average Bonchev–Trinajstić information content (AvgIpc) is 2.31. The SMILES string of the molecule is CCCCC(CC)C(N)c1ccccc1. The highest BCUT2D eigenvalue weighted by molar-refractivity contribution is 5.19. The molecule has 1 heteroatoms. The van der Waals surface area contributed by atoms with Gasteiger partial charge >= 0.3 is 0 Å². The summed E-state index contributed by atoms with van der Waals surface area (Å²) >= 11 is 0. The number of hydrogen-bond acceptors (Lipinski definition) is 1. The number of benzene rings is 1. The monoisotopic (exact) mass is 205 g/mol. The molecule has 0 radical (unpaired) electrons. The minimum absolute atomic E-state index is 0.211. The van der Waals surface area contributed by atoms with E-state index < -0.39 is 0 Å². The van der Waals surface area contributed by atoms with E-state index in [1.807, 2.05) is 6.07 Å². The molecular formula is C14H23N. The summed E-state index contributed by atoms with van der Waals surface area (Å²) in [5, 5.41) is 0. The van der Waals surface area contributed by atoms with Crippen LogP contribution in [0.15, 0.2) is 30.3 Å². The van der Waals surface area contributed by atoms with Crippen molar-refractivity contribution in [1.82, 2.24) is 0 Å². The highest BCUT2D eigenvalue weighted by Gasteiger charge is 2.16. The second-order valence-corrected chi connectivity index (χ2v) is 4.25. The Morgan fingerprint density at radius 2 is 1.80 bits per heavy atom. The van der Waals surface area contributed by atoms with Crippen LogP contribution in [-0.2, 0) is 0 Å². The van der Waals surface area contributed by atoms with Gasteiger partial charge in [0.05, 0.1) is 0 Å². The van der Waals surface area contributed by atoms with E-state index in [9.17, 15) is 0 Å². The molecule has 0 aliphatic carbocycles. The summed E-state index contributed by atoms with van der Waals surface area (Å²) < 4.78 is 0. The van der Waals surface area contributed by atoms with Gasteiger partial charge in [-0.2, -0.15) is 0 Å². The number of unbranched alkanes of at least 4 members (excludes halogenated alkanes) is 1. The third-order valence-electron chi connectivity index (χ3n) is 3.15. The highest BCUT2D eigenvalue weighted by Crippen LogP contribution is 2.26. The molecule has 2 atom stereocenters. The van der Waals surface area contributed by atoms with Crippen molar-refractivity contribution in [3.63, 3.8) is 0 Å². The van der Waals surface area contributed by atoms with Crippen LogP contribution in [0.2, 0.25) is 0 Å². The molecule has 1 rings (SSSR count). The van der Waals surface area contributed by atoms with E-state index in [2.05, 4.69) is 38.1 Å². The fourth-order valence-corrected chi connectivity index (χ4v) is 2.05. The first kappa shape index (κ1) is 12.3.